The fourth-order valence-electron chi connectivity index (χ4n) is 12.4. The van der Waals surface area contributed by atoms with Crippen LogP contribution in [-0.2, 0) is 5.41 Å². The Morgan fingerprint density at radius 2 is 1.01 bits per heavy atom. The normalized spacial score (nSPS) is 19.4. The summed E-state index contributed by atoms with van der Waals surface area (Å²) in [5, 5.41) is 4.58. The molecule has 5 nitrogen and oxygen atoms in total. The van der Waals surface area contributed by atoms with Gasteiger partial charge in [0, 0.05) is 38.4 Å². The number of benzene rings is 8. The van der Waals surface area contributed by atoms with Gasteiger partial charge in [0.05, 0.1) is 16.6 Å². The number of furan rings is 1. The largest absolute Gasteiger partial charge is 0.455 e. The van der Waals surface area contributed by atoms with Gasteiger partial charge in [0.2, 0.25) is 0 Å². The molecular formula is C62H50N4O. The van der Waals surface area contributed by atoms with E-state index < -0.39 is 0 Å². The number of para-hydroxylation sites is 3. The predicted molar refractivity (Wildman–Crippen MR) is 275 cm³/mol. The van der Waals surface area contributed by atoms with Crippen LogP contribution in [0.1, 0.15) is 51.5 Å². The molecule has 3 heterocycles. The number of hydrogen-bond donors (Lipinski definition) is 0. The molecule has 2 saturated carbocycles. The Bertz CT molecular complexity index is 3590. The van der Waals surface area contributed by atoms with Crippen LogP contribution in [0.2, 0.25) is 0 Å². The van der Waals surface area contributed by atoms with Crippen LogP contribution >= 0.6 is 0 Å². The summed E-state index contributed by atoms with van der Waals surface area (Å²) in [6.07, 6.45) is 6.63. The summed E-state index contributed by atoms with van der Waals surface area (Å²) in [7, 11) is 0. The first-order valence-corrected chi connectivity index (χ1v) is 24.0. The SMILES string of the molecule is CC1CC2CC(C)CC(c3ccc(-c4cc(-c5nc(-c6ccc(-n7c8ccccc8c8ccccc87)cc6)nc(-c6cccc(-c7ccccc7)c6)n5)c5oc6ccccc6c5c4)cc3)(C1)C2. The summed E-state index contributed by atoms with van der Waals surface area (Å²) in [4.78, 5) is 16.0. The summed E-state index contributed by atoms with van der Waals surface area (Å²) in [6, 6.07) is 67.3. The van der Waals surface area contributed by atoms with Crippen molar-refractivity contribution in [3.63, 3.8) is 0 Å². The van der Waals surface area contributed by atoms with Crippen molar-refractivity contribution in [1.29, 1.82) is 0 Å². The Kier molecular flexibility index (Phi) is 9.35. The van der Waals surface area contributed by atoms with Gasteiger partial charge in [-0.05, 0) is 144 Å². The Morgan fingerprint density at radius 3 is 1.73 bits per heavy atom. The van der Waals surface area contributed by atoms with E-state index in [1.165, 1.54) is 65.0 Å². The third-order valence-electron chi connectivity index (χ3n) is 15.0. The number of nitrogens with zero attached hydrogens (tertiary/aromatic N) is 4. The standard InChI is InChI=1S/C62H50N4O/c1-39-31-41-32-40(2)37-62(36-39,38-41)48-27-23-43(24-28-48)47-34-53-52-19-8-11-22-57(52)67-58(53)54(35-47)61-64-59(63-60(65-61)46-16-12-15-45(33-46)42-13-4-3-5-14-42)44-25-29-49(30-26-44)66-55-20-9-6-17-50(55)51-18-7-10-21-56(51)66/h3-30,33-35,39-41H,31-32,36-38H2,1-2H3. The molecule has 0 N–H and O–H groups in total. The maximum absolute atomic E-state index is 6.78. The number of hydrogen-bond acceptors (Lipinski definition) is 4. The van der Waals surface area contributed by atoms with Gasteiger partial charge >= 0.3 is 0 Å². The smallest absolute Gasteiger partial charge is 0.167 e. The molecule has 0 saturated heterocycles. The van der Waals surface area contributed by atoms with Crippen LogP contribution in [0.4, 0.5) is 0 Å². The Balaban J connectivity index is 0.973. The second-order valence-corrected chi connectivity index (χ2v) is 19.7. The van der Waals surface area contributed by atoms with Crippen molar-refractivity contribution in [2.24, 2.45) is 17.8 Å². The first-order chi connectivity index (χ1) is 32.9. The molecule has 2 fully saturated rings. The highest BCUT2D eigenvalue weighted by Gasteiger charge is 2.45. The van der Waals surface area contributed by atoms with Crippen LogP contribution in [0.3, 0.4) is 0 Å². The summed E-state index contributed by atoms with van der Waals surface area (Å²) in [5.74, 6) is 4.12. The lowest BCUT2D eigenvalue weighted by atomic mass is 9.54. The van der Waals surface area contributed by atoms with E-state index in [9.17, 15) is 0 Å². The topological polar surface area (TPSA) is 56.7 Å². The van der Waals surface area contributed by atoms with E-state index in [1.54, 1.807) is 0 Å². The summed E-state index contributed by atoms with van der Waals surface area (Å²) < 4.78 is 9.12. The molecule has 2 unspecified atom stereocenters. The van der Waals surface area contributed by atoms with E-state index in [0.29, 0.717) is 17.5 Å². The predicted octanol–water partition coefficient (Wildman–Crippen LogP) is 16.3. The third-order valence-corrected chi connectivity index (χ3v) is 15.0. The molecule has 2 bridgehead atoms. The quantitative estimate of drug-likeness (QED) is 0.160. The van der Waals surface area contributed by atoms with Crippen molar-refractivity contribution in [1.82, 2.24) is 19.5 Å². The van der Waals surface area contributed by atoms with E-state index in [-0.39, 0.29) is 5.41 Å². The lowest BCUT2D eigenvalue weighted by molar-refractivity contribution is 0.0780. The van der Waals surface area contributed by atoms with Crippen LogP contribution in [0.15, 0.2) is 192 Å². The van der Waals surface area contributed by atoms with Crippen LogP contribution < -0.4 is 0 Å². The first kappa shape index (κ1) is 39.7. The van der Waals surface area contributed by atoms with Crippen molar-refractivity contribution in [2.75, 3.05) is 0 Å². The fraction of sp³-hybridized carbons (Fsp3) is 0.177. The number of rotatable bonds is 7. The third kappa shape index (κ3) is 6.87. The molecule has 8 aromatic carbocycles. The van der Waals surface area contributed by atoms with Gasteiger partial charge in [-0.2, -0.15) is 0 Å². The van der Waals surface area contributed by atoms with Crippen molar-refractivity contribution in [3.05, 3.63) is 194 Å². The maximum atomic E-state index is 6.78. The Hall–Kier alpha value is -7.63. The van der Waals surface area contributed by atoms with Crippen molar-refractivity contribution in [3.8, 4) is 62.1 Å². The van der Waals surface area contributed by atoms with Crippen LogP contribution in [0.5, 0.6) is 0 Å². The molecule has 11 aromatic rings. The lowest BCUT2D eigenvalue weighted by Gasteiger charge is -2.50. The molecule has 324 valence electrons. The van der Waals surface area contributed by atoms with E-state index in [1.807, 2.05) is 12.1 Å². The Labute approximate surface area is 390 Å². The summed E-state index contributed by atoms with van der Waals surface area (Å²) >= 11 is 0. The average Bonchev–Trinajstić information content (AvgIpc) is 3.92. The van der Waals surface area contributed by atoms with Crippen molar-refractivity contribution in [2.45, 2.75) is 51.4 Å². The minimum absolute atomic E-state index is 0.269. The van der Waals surface area contributed by atoms with Gasteiger partial charge in [0.25, 0.3) is 0 Å². The highest BCUT2D eigenvalue weighted by Crippen LogP contribution is 2.54. The second-order valence-electron chi connectivity index (χ2n) is 19.7. The molecule has 0 aliphatic heterocycles. The molecular weight excluding hydrogens is 817 g/mol. The molecule has 0 spiro atoms. The summed E-state index contributed by atoms with van der Waals surface area (Å²) in [6.45, 7) is 4.94. The van der Waals surface area contributed by atoms with Crippen molar-refractivity contribution >= 4 is 43.7 Å². The molecule has 13 rings (SSSR count). The van der Waals surface area contributed by atoms with Gasteiger partial charge in [0.1, 0.15) is 11.2 Å². The fourth-order valence-corrected chi connectivity index (χ4v) is 12.4. The van der Waals surface area contributed by atoms with Gasteiger partial charge in [-0.25, -0.2) is 15.0 Å². The van der Waals surface area contributed by atoms with Crippen LogP contribution in [0, 0.1) is 17.8 Å². The summed E-state index contributed by atoms with van der Waals surface area (Å²) in [5.41, 5.74) is 14.0. The lowest BCUT2D eigenvalue weighted by Crippen LogP contribution is -2.42. The van der Waals surface area contributed by atoms with Gasteiger partial charge in [0.15, 0.2) is 17.5 Å². The van der Waals surface area contributed by atoms with E-state index in [0.717, 1.165) is 78.8 Å². The maximum Gasteiger partial charge on any atom is 0.167 e. The van der Waals surface area contributed by atoms with E-state index in [2.05, 4.69) is 194 Å². The molecule has 2 atom stereocenters. The highest BCUT2D eigenvalue weighted by molar-refractivity contribution is 6.11. The number of fused-ring (bicyclic) bond motifs is 8. The Morgan fingerprint density at radius 1 is 0.448 bits per heavy atom. The van der Waals surface area contributed by atoms with Gasteiger partial charge in [-0.1, -0.05) is 141 Å². The van der Waals surface area contributed by atoms with Gasteiger partial charge < -0.3 is 8.98 Å². The average molecular weight is 867 g/mol. The highest BCUT2D eigenvalue weighted by atomic mass is 16.3. The minimum Gasteiger partial charge on any atom is -0.455 e. The molecule has 5 heteroatoms. The number of aromatic nitrogens is 4. The molecule has 67 heavy (non-hydrogen) atoms. The monoisotopic (exact) mass is 866 g/mol. The van der Waals surface area contributed by atoms with E-state index >= 15 is 0 Å². The zero-order valence-electron chi connectivity index (χ0n) is 37.9. The zero-order valence-corrected chi connectivity index (χ0v) is 37.9. The van der Waals surface area contributed by atoms with Gasteiger partial charge in [-0.15, -0.1) is 0 Å². The second kappa shape index (κ2) is 15.8. The molecule has 2 aliphatic rings. The molecule has 0 radical (unpaired) electrons. The molecule has 2 aliphatic carbocycles. The van der Waals surface area contributed by atoms with Gasteiger partial charge in [-0.3, -0.25) is 0 Å². The molecule has 0 amide bonds. The van der Waals surface area contributed by atoms with Crippen LogP contribution in [-0.4, -0.2) is 19.5 Å². The minimum atomic E-state index is 0.269. The van der Waals surface area contributed by atoms with Crippen LogP contribution in [0.25, 0.3) is 106 Å². The van der Waals surface area contributed by atoms with Crippen molar-refractivity contribution < 1.29 is 4.42 Å². The van der Waals surface area contributed by atoms with E-state index in [4.69, 9.17) is 19.4 Å². The molecule has 3 aromatic heterocycles. The zero-order chi connectivity index (χ0) is 44.6. The first-order valence-electron chi connectivity index (χ1n) is 24.0.